The maximum absolute atomic E-state index is 12.9. The average molecular weight is 445 g/mol. The molecule has 1 amide bonds. The van der Waals surface area contributed by atoms with Gasteiger partial charge in [-0.1, -0.05) is 30.7 Å². The molecule has 0 spiro atoms. The third-order valence-electron chi connectivity index (χ3n) is 5.20. The van der Waals surface area contributed by atoms with Gasteiger partial charge in [-0.25, -0.2) is 8.42 Å². The second-order valence-corrected chi connectivity index (χ2v) is 10.0. The number of amides is 1. The molecular formula is C22H24N2O4S2. The molecule has 0 saturated carbocycles. The molecule has 2 aromatic carbocycles. The average Bonchev–Trinajstić information content (AvgIpc) is 3.03. The van der Waals surface area contributed by atoms with E-state index in [1.54, 1.807) is 18.2 Å². The molecule has 0 aliphatic heterocycles. The summed E-state index contributed by atoms with van der Waals surface area (Å²) < 4.78 is 31.5. The summed E-state index contributed by atoms with van der Waals surface area (Å²) in [6, 6.07) is 12.2. The lowest BCUT2D eigenvalue weighted by molar-refractivity contribution is 0.0949. The van der Waals surface area contributed by atoms with Gasteiger partial charge in [0.2, 0.25) is 0 Å². The van der Waals surface area contributed by atoms with Crippen molar-refractivity contribution < 1.29 is 17.9 Å². The van der Waals surface area contributed by atoms with Crippen molar-refractivity contribution in [1.29, 1.82) is 0 Å². The minimum atomic E-state index is -3.96. The molecule has 0 bridgehead atoms. The first-order chi connectivity index (χ1) is 14.5. The number of fused-ring (bicyclic) bond motifs is 2. The second-order valence-electron chi connectivity index (χ2n) is 7.22. The first kappa shape index (κ1) is 20.8. The fraction of sp³-hybridized carbons (Fsp3) is 0.318. The number of hydrogen-bond donors (Lipinski definition) is 2. The van der Waals surface area contributed by atoms with Gasteiger partial charge in [-0.2, -0.15) is 0 Å². The maximum Gasteiger partial charge on any atom is 0.276 e. The van der Waals surface area contributed by atoms with Gasteiger partial charge in [0.15, 0.2) is 0 Å². The zero-order valence-electron chi connectivity index (χ0n) is 16.7. The number of hydrazine groups is 1. The van der Waals surface area contributed by atoms with E-state index in [0.717, 1.165) is 25.7 Å². The highest BCUT2D eigenvalue weighted by Gasteiger charge is 2.22. The van der Waals surface area contributed by atoms with Crippen LogP contribution in [0.25, 0.3) is 10.8 Å². The molecular weight excluding hydrogens is 420 g/mol. The van der Waals surface area contributed by atoms with Crippen LogP contribution in [-0.2, 0) is 22.9 Å². The highest BCUT2D eigenvalue weighted by molar-refractivity contribution is 7.89. The van der Waals surface area contributed by atoms with Gasteiger partial charge in [0.25, 0.3) is 15.9 Å². The van der Waals surface area contributed by atoms with Gasteiger partial charge in [-0.05, 0) is 56.4 Å². The first-order valence-electron chi connectivity index (χ1n) is 10.1. The van der Waals surface area contributed by atoms with Crippen molar-refractivity contribution in [1.82, 2.24) is 10.3 Å². The number of benzene rings is 2. The van der Waals surface area contributed by atoms with Gasteiger partial charge in [0, 0.05) is 15.6 Å². The van der Waals surface area contributed by atoms with E-state index in [0.29, 0.717) is 28.0 Å². The van der Waals surface area contributed by atoms with Crippen molar-refractivity contribution >= 4 is 38.0 Å². The number of carbonyl (C=O) groups is 1. The molecule has 1 aromatic heterocycles. The standard InChI is InChI=1S/C22H24N2O4S2/c1-2-28-18-12-13-21(17-10-7-6-9-16(17)18)30(26,27)24-23-22(25)20-14-15-8-4-3-5-11-19(15)29-20/h6-7,9-10,12-14,24H,2-5,8,11H2,1H3,(H,23,25). The molecule has 8 heteroatoms. The molecule has 1 aliphatic rings. The van der Waals surface area contributed by atoms with Crippen LogP contribution in [0.2, 0.25) is 0 Å². The Kier molecular flexibility index (Phi) is 6.08. The van der Waals surface area contributed by atoms with Crippen molar-refractivity contribution in [2.75, 3.05) is 6.61 Å². The number of carbonyl (C=O) groups excluding carboxylic acids is 1. The molecule has 0 radical (unpaired) electrons. The monoisotopic (exact) mass is 444 g/mol. The second kappa shape index (κ2) is 8.75. The molecule has 0 fully saturated rings. The molecule has 158 valence electrons. The summed E-state index contributed by atoms with van der Waals surface area (Å²) >= 11 is 1.45. The highest BCUT2D eigenvalue weighted by atomic mass is 32.2. The van der Waals surface area contributed by atoms with E-state index in [9.17, 15) is 13.2 Å². The Hall–Kier alpha value is -2.42. The molecule has 0 atom stereocenters. The lowest BCUT2D eigenvalue weighted by atomic mass is 10.1. The number of aryl methyl sites for hydroxylation is 2. The normalized spacial score (nSPS) is 14.2. The minimum Gasteiger partial charge on any atom is -0.493 e. The third-order valence-corrected chi connectivity index (χ3v) is 7.74. The Bertz CT molecular complexity index is 1160. The highest BCUT2D eigenvalue weighted by Crippen LogP contribution is 2.31. The van der Waals surface area contributed by atoms with Crippen molar-refractivity contribution in [3.63, 3.8) is 0 Å². The van der Waals surface area contributed by atoms with E-state index in [4.69, 9.17) is 4.74 Å². The van der Waals surface area contributed by atoms with E-state index in [1.807, 2.05) is 25.1 Å². The van der Waals surface area contributed by atoms with Crippen LogP contribution < -0.4 is 15.0 Å². The number of sulfonamides is 1. The molecule has 0 saturated heterocycles. The molecule has 3 aromatic rings. The number of rotatable bonds is 6. The lowest BCUT2D eigenvalue weighted by Crippen LogP contribution is -2.41. The Morgan fingerprint density at radius 3 is 2.63 bits per heavy atom. The minimum absolute atomic E-state index is 0.0869. The van der Waals surface area contributed by atoms with Crippen LogP contribution in [0.1, 0.15) is 46.3 Å². The summed E-state index contributed by atoms with van der Waals surface area (Å²) in [6.07, 6.45) is 5.42. The predicted molar refractivity (Wildman–Crippen MR) is 118 cm³/mol. The maximum atomic E-state index is 12.9. The van der Waals surface area contributed by atoms with Crippen LogP contribution in [0, 0.1) is 0 Å². The smallest absolute Gasteiger partial charge is 0.276 e. The number of nitrogens with one attached hydrogen (secondary N) is 2. The number of ether oxygens (including phenoxy) is 1. The molecule has 4 rings (SSSR count). The van der Waals surface area contributed by atoms with Crippen molar-refractivity contribution in [2.24, 2.45) is 0 Å². The van der Waals surface area contributed by atoms with Gasteiger partial charge in [0.05, 0.1) is 16.4 Å². The fourth-order valence-electron chi connectivity index (χ4n) is 3.77. The summed E-state index contributed by atoms with van der Waals surface area (Å²) in [5, 5.41) is 1.24. The van der Waals surface area contributed by atoms with Crippen LogP contribution in [-0.4, -0.2) is 20.9 Å². The third kappa shape index (κ3) is 4.21. The van der Waals surface area contributed by atoms with Crippen LogP contribution in [0.3, 0.4) is 0 Å². The van der Waals surface area contributed by atoms with Crippen LogP contribution >= 0.6 is 11.3 Å². The van der Waals surface area contributed by atoms with E-state index < -0.39 is 15.9 Å². The summed E-state index contributed by atoms with van der Waals surface area (Å²) in [6.45, 7) is 2.36. The van der Waals surface area contributed by atoms with Gasteiger partial charge in [-0.15, -0.1) is 16.2 Å². The molecule has 0 unspecified atom stereocenters. The van der Waals surface area contributed by atoms with Gasteiger partial charge in [0.1, 0.15) is 5.75 Å². The summed E-state index contributed by atoms with van der Waals surface area (Å²) in [5.41, 5.74) is 3.58. The van der Waals surface area contributed by atoms with Crippen LogP contribution in [0.4, 0.5) is 0 Å². The quantitative estimate of drug-likeness (QED) is 0.441. The van der Waals surface area contributed by atoms with Crippen molar-refractivity contribution in [3.8, 4) is 5.75 Å². The van der Waals surface area contributed by atoms with E-state index in [1.165, 1.54) is 34.3 Å². The van der Waals surface area contributed by atoms with E-state index in [2.05, 4.69) is 10.3 Å². The summed E-state index contributed by atoms with van der Waals surface area (Å²) in [7, 11) is -3.96. The Labute approximate surface area is 180 Å². The van der Waals surface area contributed by atoms with E-state index >= 15 is 0 Å². The summed E-state index contributed by atoms with van der Waals surface area (Å²) in [4.78, 5) is 16.7. The molecule has 2 N–H and O–H groups in total. The Morgan fingerprint density at radius 2 is 1.83 bits per heavy atom. The zero-order chi connectivity index (χ0) is 21.1. The van der Waals surface area contributed by atoms with Crippen LogP contribution in [0.5, 0.6) is 5.75 Å². The molecule has 6 nitrogen and oxygen atoms in total. The SMILES string of the molecule is CCOc1ccc(S(=O)(=O)NNC(=O)c2cc3c(s2)CCCCC3)c2ccccc12. The van der Waals surface area contributed by atoms with Gasteiger partial charge < -0.3 is 4.74 Å². The molecule has 1 heterocycles. The fourth-order valence-corrected chi connectivity index (χ4v) is 5.97. The Balaban J connectivity index is 1.55. The molecule has 1 aliphatic carbocycles. The van der Waals surface area contributed by atoms with E-state index in [-0.39, 0.29) is 4.90 Å². The van der Waals surface area contributed by atoms with Gasteiger partial charge >= 0.3 is 0 Å². The van der Waals surface area contributed by atoms with Crippen molar-refractivity contribution in [2.45, 2.75) is 43.9 Å². The van der Waals surface area contributed by atoms with Crippen LogP contribution in [0.15, 0.2) is 47.4 Å². The topological polar surface area (TPSA) is 84.5 Å². The van der Waals surface area contributed by atoms with Crippen molar-refractivity contribution in [3.05, 3.63) is 57.8 Å². The zero-order valence-corrected chi connectivity index (χ0v) is 18.4. The lowest BCUT2D eigenvalue weighted by Gasteiger charge is -2.13. The number of hydrogen-bond acceptors (Lipinski definition) is 5. The Morgan fingerprint density at radius 1 is 1.07 bits per heavy atom. The summed E-state index contributed by atoms with van der Waals surface area (Å²) in [5.74, 6) is 0.183. The number of thiophene rings is 1. The molecule has 30 heavy (non-hydrogen) atoms. The predicted octanol–water partition coefficient (Wildman–Crippen LogP) is 4.19. The van der Waals surface area contributed by atoms with Gasteiger partial charge in [-0.3, -0.25) is 10.2 Å². The first-order valence-corrected chi connectivity index (χ1v) is 12.4. The largest absolute Gasteiger partial charge is 0.493 e.